The number of pyridine rings is 1. The summed E-state index contributed by atoms with van der Waals surface area (Å²) < 4.78 is 5.27. The van der Waals surface area contributed by atoms with Crippen LogP contribution in [-0.2, 0) is 0 Å². The largest absolute Gasteiger partial charge is 0.478 e. The maximum Gasteiger partial charge on any atom is 0.336 e. The van der Waals surface area contributed by atoms with Crippen molar-refractivity contribution in [2.75, 3.05) is 0 Å². The highest BCUT2D eigenvalue weighted by atomic mass is 16.4. The smallest absolute Gasteiger partial charge is 0.336 e. The van der Waals surface area contributed by atoms with Gasteiger partial charge in [-0.2, -0.15) is 0 Å². The van der Waals surface area contributed by atoms with Crippen LogP contribution >= 0.6 is 0 Å². The fourth-order valence-electron chi connectivity index (χ4n) is 2.07. The Morgan fingerprint density at radius 1 is 1.26 bits per heavy atom. The summed E-state index contributed by atoms with van der Waals surface area (Å²) in [6, 6.07) is 10.6. The maximum atomic E-state index is 11.4. The third-order valence-corrected chi connectivity index (χ3v) is 2.97. The van der Waals surface area contributed by atoms with Gasteiger partial charge < -0.3 is 9.52 Å². The van der Waals surface area contributed by atoms with Crippen LogP contribution in [0.5, 0.6) is 0 Å². The molecule has 0 aliphatic rings. The van der Waals surface area contributed by atoms with E-state index >= 15 is 0 Å². The number of aromatic nitrogens is 1. The number of furan rings is 1. The van der Waals surface area contributed by atoms with Crippen molar-refractivity contribution in [2.45, 2.75) is 0 Å². The van der Waals surface area contributed by atoms with Gasteiger partial charge in [0.05, 0.1) is 17.3 Å². The normalized spacial score (nSPS) is 10.7. The first kappa shape index (κ1) is 11.5. The van der Waals surface area contributed by atoms with Crippen LogP contribution in [0.3, 0.4) is 0 Å². The molecule has 0 atom stereocenters. The monoisotopic (exact) mass is 251 g/mol. The van der Waals surface area contributed by atoms with Gasteiger partial charge in [0, 0.05) is 5.39 Å². The predicted molar refractivity (Wildman–Crippen MR) is 74.6 cm³/mol. The molecule has 0 aliphatic heterocycles. The molecule has 5 heteroatoms. The van der Waals surface area contributed by atoms with Crippen molar-refractivity contribution in [1.29, 1.82) is 0 Å². The van der Waals surface area contributed by atoms with E-state index in [1.165, 1.54) is 6.26 Å². The lowest BCUT2D eigenvalue weighted by molar-refractivity contribution is 0.0699. The number of carboxylic acids is 1. The average Bonchev–Trinajstić information content (AvgIpc) is 2.91. The fraction of sp³-hybridized carbons (Fsp3) is 0. The molecule has 2 aromatic heterocycles. The molecule has 1 aromatic carbocycles. The Hall–Kier alpha value is -2.56. The van der Waals surface area contributed by atoms with E-state index in [0.717, 1.165) is 5.46 Å². The quantitative estimate of drug-likeness (QED) is 0.700. The van der Waals surface area contributed by atoms with Gasteiger partial charge in [-0.25, -0.2) is 9.78 Å². The van der Waals surface area contributed by atoms with Crippen molar-refractivity contribution in [3.8, 4) is 11.5 Å². The van der Waals surface area contributed by atoms with Crippen LogP contribution in [-0.4, -0.2) is 23.9 Å². The molecular weight excluding hydrogens is 241 g/mol. The summed E-state index contributed by atoms with van der Waals surface area (Å²) in [6.07, 6.45) is 1.54. The molecular formula is C14H10BNO3. The third kappa shape index (κ3) is 1.99. The van der Waals surface area contributed by atoms with Crippen LogP contribution in [0, 0.1) is 0 Å². The molecule has 3 aromatic rings. The molecule has 1 N–H and O–H groups in total. The van der Waals surface area contributed by atoms with E-state index in [0.29, 0.717) is 22.4 Å². The summed E-state index contributed by atoms with van der Waals surface area (Å²) in [5, 5.41) is 9.98. The van der Waals surface area contributed by atoms with E-state index in [-0.39, 0.29) is 5.56 Å². The van der Waals surface area contributed by atoms with E-state index in [9.17, 15) is 9.90 Å². The molecule has 0 radical (unpaired) electrons. The van der Waals surface area contributed by atoms with Crippen molar-refractivity contribution in [1.82, 2.24) is 4.98 Å². The number of hydrogen-bond donors (Lipinski definition) is 1. The molecule has 0 fully saturated rings. The molecule has 0 spiro atoms. The lowest BCUT2D eigenvalue weighted by Gasteiger charge is -2.06. The van der Waals surface area contributed by atoms with E-state index in [1.807, 2.05) is 26.0 Å². The third-order valence-electron chi connectivity index (χ3n) is 2.97. The Labute approximate surface area is 110 Å². The van der Waals surface area contributed by atoms with Crippen LogP contribution in [0.1, 0.15) is 10.4 Å². The highest BCUT2D eigenvalue weighted by Crippen LogP contribution is 2.24. The molecule has 0 saturated heterocycles. The molecule has 2 heterocycles. The van der Waals surface area contributed by atoms with Crippen LogP contribution in [0.2, 0.25) is 0 Å². The SMILES string of the molecule is Bc1ccc2nc(-c3ccco3)cc(C(=O)O)c2c1. The van der Waals surface area contributed by atoms with Crippen molar-refractivity contribution in [2.24, 2.45) is 0 Å². The van der Waals surface area contributed by atoms with Crippen molar-refractivity contribution in [3.05, 3.63) is 48.2 Å². The van der Waals surface area contributed by atoms with E-state index in [4.69, 9.17) is 4.42 Å². The molecule has 92 valence electrons. The summed E-state index contributed by atoms with van der Waals surface area (Å²) in [4.78, 5) is 15.8. The topological polar surface area (TPSA) is 63.3 Å². The number of fused-ring (bicyclic) bond motifs is 1. The zero-order valence-corrected chi connectivity index (χ0v) is 10.3. The average molecular weight is 251 g/mol. The zero-order chi connectivity index (χ0) is 13.4. The second-order valence-corrected chi connectivity index (χ2v) is 4.36. The van der Waals surface area contributed by atoms with E-state index < -0.39 is 5.97 Å². The van der Waals surface area contributed by atoms with E-state index in [1.54, 1.807) is 18.2 Å². The fourth-order valence-corrected chi connectivity index (χ4v) is 2.07. The molecule has 0 aliphatic carbocycles. The number of nitrogens with zero attached hydrogens (tertiary/aromatic N) is 1. The Morgan fingerprint density at radius 2 is 2.11 bits per heavy atom. The number of carboxylic acid groups (broad SMARTS) is 1. The van der Waals surface area contributed by atoms with Gasteiger partial charge in [0.2, 0.25) is 0 Å². The second kappa shape index (κ2) is 4.28. The van der Waals surface area contributed by atoms with Gasteiger partial charge in [-0.05, 0) is 24.3 Å². The minimum Gasteiger partial charge on any atom is -0.478 e. The Morgan fingerprint density at radius 3 is 2.79 bits per heavy atom. The summed E-state index contributed by atoms with van der Waals surface area (Å²) in [7, 11) is 1.92. The number of hydrogen-bond acceptors (Lipinski definition) is 3. The Balaban J connectivity index is 2.34. The summed E-state index contributed by atoms with van der Waals surface area (Å²) in [5.41, 5.74) is 2.42. The predicted octanol–water partition coefficient (Wildman–Crippen LogP) is 1.45. The number of aromatic carboxylic acids is 1. The Bertz CT molecular complexity index is 766. The van der Waals surface area contributed by atoms with Gasteiger partial charge in [-0.15, -0.1) is 0 Å². The number of carbonyl (C=O) groups is 1. The Kier molecular flexibility index (Phi) is 2.60. The van der Waals surface area contributed by atoms with Gasteiger partial charge in [0.1, 0.15) is 13.5 Å². The van der Waals surface area contributed by atoms with Crippen LogP contribution in [0.4, 0.5) is 0 Å². The first-order chi connectivity index (χ1) is 9.15. The minimum absolute atomic E-state index is 0.236. The highest BCUT2D eigenvalue weighted by molar-refractivity contribution is 6.33. The molecule has 0 unspecified atom stereocenters. The first-order valence-electron chi connectivity index (χ1n) is 5.84. The van der Waals surface area contributed by atoms with Gasteiger partial charge in [0.15, 0.2) is 5.76 Å². The first-order valence-corrected chi connectivity index (χ1v) is 5.84. The van der Waals surface area contributed by atoms with E-state index in [2.05, 4.69) is 4.98 Å². The molecule has 0 amide bonds. The van der Waals surface area contributed by atoms with Crippen molar-refractivity contribution >= 4 is 30.2 Å². The summed E-state index contributed by atoms with van der Waals surface area (Å²) in [6.45, 7) is 0. The lowest BCUT2D eigenvalue weighted by atomic mass is 9.93. The summed E-state index contributed by atoms with van der Waals surface area (Å²) in [5.74, 6) is -0.407. The zero-order valence-electron chi connectivity index (χ0n) is 10.3. The second-order valence-electron chi connectivity index (χ2n) is 4.36. The van der Waals surface area contributed by atoms with Gasteiger partial charge in [0.25, 0.3) is 0 Å². The van der Waals surface area contributed by atoms with Crippen molar-refractivity contribution < 1.29 is 14.3 Å². The van der Waals surface area contributed by atoms with Crippen molar-refractivity contribution in [3.63, 3.8) is 0 Å². The molecule has 0 bridgehead atoms. The summed E-state index contributed by atoms with van der Waals surface area (Å²) >= 11 is 0. The number of benzene rings is 1. The molecule has 0 saturated carbocycles. The maximum absolute atomic E-state index is 11.4. The van der Waals surface area contributed by atoms with Gasteiger partial charge in [-0.1, -0.05) is 17.6 Å². The highest BCUT2D eigenvalue weighted by Gasteiger charge is 2.14. The molecule has 4 nitrogen and oxygen atoms in total. The molecule has 3 rings (SSSR count). The standard InChI is InChI=1S/C14H10BNO3/c15-8-3-4-11-9(6-8)10(14(17)18)7-12(16-11)13-2-1-5-19-13/h1-7H,15H2,(H,17,18). The van der Waals surface area contributed by atoms with Crippen LogP contribution < -0.4 is 5.46 Å². The minimum atomic E-state index is -0.967. The lowest BCUT2D eigenvalue weighted by Crippen LogP contribution is -2.05. The van der Waals surface area contributed by atoms with Crippen LogP contribution in [0.25, 0.3) is 22.4 Å². The van der Waals surface area contributed by atoms with Crippen LogP contribution in [0.15, 0.2) is 47.1 Å². The van der Waals surface area contributed by atoms with Gasteiger partial charge in [-0.3, -0.25) is 0 Å². The van der Waals surface area contributed by atoms with Gasteiger partial charge >= 0.3 is 5.97 Å². The number of rotatable bonds is 2. The molecule has 19 heavy (non-hydrogen) atoms.